The van der Waals surface area contributed by atoms with Gasteiger partial charge in [0.2, 0.25) is 0 Å². The third-order valence-electron chi connectivity index (χ3n) is 2.31. The van der Waals surface area contributed by atoms with Gasteiger partial charge in [-0.25, -0.2) is 0 Å². The van der Waals surface area contributed by atoms with Gasteiger partial charge < -0.3 is 5.32 Å². The quantitative estimate of drug-likeness (QED) is 0.786. The molecule has 0 spiro atoms. The predicted octanol–water partition coefficient (Wildman–Crippen LogP) is 1.38. The summed E-state index contributed by atoms with van der Waals surface area (Å²) in [7, 11) is 0. The highest BCUT2D eigenvalue weighted by molar-refractivity contribution is 6.05. The average molecular weight is 225 g/mol. The van der Waals surface area contributed by atoms with Crippen molar-refractivity contribution < 1.29 is 4.79 Å². The molecule has 0 atom stereocenters. The molecular weight excluding hydrogens is 214 g/mol. The van der Waals surface area contributed by atoms with Crippen molar-refractivity contribution in [3.05, 3.63) is 36.0 Å². The molecule has 0 saturated heterocycles. The number of nitrogens with zero attached hydrogens (tertiary/aromatic N) is 2. The third kappa shape index (κ3) is 2.40. The van der Waals surface area contributed by atoms with Crippen LogP contribution < -0.4 is 5.32 Å². The number of rotatable bonds is 2. The first-order chi connectivity index (χ1) is 8.33. The zero-order chi connectivity index (χ0) is 12.1. The Morgan fingerprint density at radius 1 is 1.41 bits per heavy atom. The Morgan fingerprint density at radius 3 is 3.06 bits per heavy atom. The number of amides is 1. The van der Waals surface area contributed by atoms with E-state index in [1.165, 1.54) is 6.20 Å². The van der Waals surface area contributed by atoms with Crippen molar-refractivity contribution in [1.82, 2.24) is 15.5 Å². The normalized spacial score (nSPS) is 9.47. The number of aromatic nitrogens is 2. The van der Waals surface area contributed by atoms with E-state index in [2.05, 4.69) is 27.4 Å². The van der Waals surface area contributed by atoms with Gasteiger partial charge in [0, 0.05) is 5.39 Å². The molecular formula is C13H11N3O. The van der Waals surface area contributed by atoms with E-state index >= 15 is 0 Å². The molecule has 1 heterocycles. The van der Waals surface area contributed by atoms with Crippen LogP contribution in [0.15, 0.2) is 30.5 Å². The summed E-state index contributed by atoms with van der Waals surface area (Å²) in [5, 5.41) is 11.3. The van der Waals surface area contributed by atoms with Gasteiger partial charge in [-0.1, -0.05) is 24.1 Å². The monoisotopic (exact) mass is 225 g/mol. The van der Waals surface area contributed by atoms with Crippen molar-refractivity contribution in [2.45, 2.75) is 6.92 Å². The largest absolute Gasteiger partial charge is 0.341 e. The van der Waals surface area contributed by atoms with Gasteiger partial charge >= 0.3 is 0 Å². The molecule has 84 valence electrons. The van der Waals surface area contributed by atoms with Crippen LogP contribution in [0.25, 0.3) is 10.9 Å². The summed E-state index contributed by atoms with van der Waals surface area (Å²) in [5.74, 6) is 5.32. The molecule has 4 nitrogen and oxygen atoms in total. The molecule has 0 unspecified atom stereocenters. The Kier molecular flexibility index (Phi) is 3.31. The molecule has 17 heavy (non-hydrogen) atoms. The van der Waals surface area contributed by atoms with Crippen molar-refractivity contribution in [2.24, 2.45) is 0 Å². The molecule has 1 amide bonds. The molecule has 0 aliphatic heterocycles. The minimum absolute atomic E-state index is 0.182. The van der Waals surface area contributed by atoms with Crippen LogP contribution in [-0.2, 0) is 0 Å². The summed E-state index contributed by atoms with van der Waals surface area (Å²) in [6, 6.07) is 7.41. The van der Waals surface area contributed by atoms with Gasteiger partial charge in [0.25, 0.3) is 5.91 Å². The summed E-state index contributed by atoms with van der Waals surface area (Å²) in [5.41, 5.74) is 1.23. The molecule has 1 N–H and O–H groups in total. The fourth-order valence-electron chi connectivity index (χ4n) is 1.50. The van der Waals surface area contributed by atoms with Crippen LogP contribution >= 0.6 is 0 Å². The maximum Gasteiger partial charge on any atom is 0.254 e. The van der Waals surface area contributed by atoms with Gasteiger partial charge in [0.15, 0.2) is 0 Å². The SMILES string of the molecule is CC#CCNC(=O)c1cnnc2ccccc12. The second kappa shape index (κ2) is 5.08. The van der Waals surface area contributed by atoms with Crippen LogP contribution in [0.4, 0.5) is 0 Å². The van der Waals surface area contributed by atoms with Crippen molar-refractivity contribution in [1.29, 1.82) is 0 Å². The summed E-state index contributed by atoms with van der Waals surface area (Å²) >= 11 is 0. The summed E-state index contributed by atoms with van der Waals surface area (Å²) in [4.78, 5) is 11.9. The maximum atomic E-state index is 11.9. The Morgan fingerprint density at radius 2 is 2.24 bits per heavy atom. The average Bonchev–Trinajstić information content (AvgIpc) is 2.38. The molecule has 0 aliphatic carbocycles. The van der Waals surface area contributed by atoms with Gasteiger partial charge in [-0.2, -0.15) is 10.2 Å². The Balaban J connectivity index is 2.34. The number of hydrogen-bond donors (Lipinski definition) is 1. The zero-order valence-electron chi connectivity index (χ0n) is 9.40. The maximum absolute atomic E-state index is 11.9. The number of fused-ring (bicyclic) bond motifs is 1. The number of nitrogens with one attached hydrogen (secondary N) is 1. The van der Waals surface area contributed by atoms with Gasteiger partial charge in [-0.15, -0.1) is 5.92 Å². The standard InChI is InChI=1S/C13H11N3O/c1-2-3-8-14-13(17)11-9-15-16-12-7-5-4-6-10(11)12/h4-7,9H,8H2,1H3,(H,14,17). The highest BCUT2D eigenvalue weighted by Gasteiger charge is 2.09. The van der Waals surface area contributed by atoms with Crippen LogP contribution in [-0.4, -0.2) is 22.6 Å². The van der Waals surface area contributed by atoms with E-state index in [9.17, 15) is 4.79 Å². The molecule has 0 radical (unpaired) electrons. The lowest BCUT2D eigenvalue weighted by Gasteiger charge is -2.04. The summed E-state index contributed by atoms with van der Waals surface area (Å²) in [6.45, 7) is 2.07. The highest BCUT2D eigenvalue weighted by atomic mass is 16.1. The van der Waals surface area contributed by atoms with Gasteiger partial charge in [-0.05, 0) is 13.0 Å². The summed E-state index contributed by atoms with van der Waals surface area (Å²) < 4.78 is 0. The predicted molar refractivity (Wildman–Crippen MR) is 65.3 cm³/mol. The summed E-state index contributed by atoms with van der Waals surface area (Å²) in [6.07, 6.45) is 1.47. The molecule has 1 aromatic carbocycles. The van der Waals surface area contributed by atoms with Crippen molar-refractivity contribution in [3.63, 3.8) is 0 Å². The molecule has 0 fully saturated rings. The fraction of sp³-hybridized carbons (Fsp3) is 0.154. The van der Waals surface area contributed by atoms with E-state index in [4.69, 9.17) is 0 Å². The topological polar surface area (TPSA) is 54.9 Å². The van der Waals surface area contributed by atoms with Gasteiger partial charge in [0.1, 0.15) is 0 Å². The molecule has 2 rings (SSSR count). The van der Waals surface area contributed by atoms with E-state index < -0.39 is 0 Å². The second-order valence-electron chi connectivity index (χ2n) is 3.38. The lowest BCUT2D eigenvalue weighted by molar-refractivity contribution is 0.0960. The van der Waals surface area contributed by atoms with E-state index in [0.717, 1.165) is 5.39 Å². The van der Waals surface area contributed by atoms with Crippen molar-refractivity contribution in [2.75, 3.05) is 6.54 Å². The van der Waals surface area contributed by atoms with Crippen LogP contribution in [0.2, 0.25) is 0 Å². The molecule has 0 bridgehead atoms. The van der Waals surface area contributed by atoms with E-state index in [-0.39, 0.29) is 5.91 Å². The number of carbonyl (C=O) groups excluding carboxylic acids is 1. The van der Waals surface area contributed by atoms with E-state index in [1.807, 2.05) is 24.3 Å². The first kappa shape index (κ1) is 11.1. The Bertz CT molecular complexity index is 605. The van der Waals surface area contributed by atoms with Gasteiger partial charge in [-0.3, -0.25) is 4.79 Å². The van der Waals surface area contributed by atoms with Crippen molar-refractivity contribution in [3.8, 4) is 11.8 Å². The third-order valence-corrected chi connectivity index (χ3v) is 2.31. The molecule has 0 aliphatic rings. The molecule has 0 saturated carbocycles. The molecule has 4 heteroatoms. The first-order valence-corrected chi connectivity index (χ1v) is 5.21. The van der Waals surface area contributed by atoms with Crippen LogP contribution in [0.1, 0.15) is 17.3 Å². The fourth-order valence-corrected chi connectivity index (χ4v) is 1.50. The Hall–Kier alpha value is -2.41. The van der Waals surface area contributed by atoms with Gasteiger partial charge in [0.05, 0.1) is 23.8 Å². The van der Waals surface area contributed by atoms with Crippen LogP contribution in [0, 0.1) is 11.8 Å². The molecule has 2 aromatic rings. The lowest BCUT2D eigenvalue weighted by Crippen LogP contribution is -2.24. The van der Waals surface area contributed by atoms with Crippen LogP contribution in [0.5, 0.6) is 0 Å². The van der Waals surface area contributed by atoms with Crippen molar-refractivity contribution >= 4 is 16.8 Å². The lowest BCUT2D eigenvalue weighted by atomic mass is 10.1. The van der Waals surface area contributed by atoms with E-state index in [0.29, 0.717) is 17.6 Å². The minimum atomic E-state index is -0.182. The minimum Gasteiger partial charge on any atom is -0.341 e. The number of hydrogen-bond acceptors (Lipinski definition) is 3. The number of carbonyl (C=O) groups is 1. The first-order valence-electron chi connectivity index (χ1n) is 5.21. The molecule has 1 aromatic heterocycles. The number of benzene rings is 1. The zero-order valence-corrected chi connectivity index (χ0v) is 9.40. The van der Waals surface area contributed by atoms with Crippen LogP contribution in [0.3, 0.4) is 0 Å². The second-order valence-corrected chi connectivity index (χ2v) is 3.38. The smallest absolute Gasteiger partial charge is 0.254 e. The Labute approximate surface area is 99.1 Å². The highest BCUT2D eigenvalue weighted by Crippen LogP contribution is 2.14. The van der Waals surface area contributed by atoms with E-state index in [1.54, 1.807) is 6.92 Å².